The van der Waals surface area contributed by atoms with Gasteiger partial charge in [0.25, 0.3) is 0 Å². The van der Waals surface area contributed by atoms with E-state index in [4.69, 9.17) is 4.74 Å². The molecular weight excluding hydrogens is 332 g/mol. The third-order valence-electron chi connectivity index (χ3n) is 5.90. The summed E-state index contributed by atoms with van der Waals surface area (Å²) in [5, 5.41) is 15.3. The predicted molar refractivity (Wildman–Crippen MR) is 97.0 cm³/mol. The number of hydrogen-bond donors (Lipinski definition) is 2. The Morgan fingerprint density at radius 2 is 2.04 bits per heavy atom. The lowest BCUT2D eigenvalue weighted by Crippen LogP contribution is -2.49. The molecule has 2 N–H and O–H groups in total. The summed E-state index contributed by atoms with van der Waals surface area (Å²) in [5.74, 6) is 2.59. The van der Waals surface area contributed by atoms with Gasteiger partial charge in [0.15, 0.2) is 5.82 Å². The van der Waals surface area contributed by atoms with Gasteiger partial charge in [0.1, 0.15) is 5.82 Å². The van der Waals surface area contributed by atoms with Gasteiger partial charge in [-0.05, 0) is 32.7 Å². The Kier molecular flexibility index (Phi) is 5.40. The number of carbonyl (C=O) groups is 1. The van der Waals surface area contributed by atoms with Crippen molar-refractivity contribution >= 4 is 6.03 Å². The quantitative estimate of drug-likeness (QED) is 0.849. The number of rotatable bonds is 3. The van der Waals surface area contributed by atoms with Crippen molar-refractivity contribution in [2.24, 2.45) is 0 Å². The third kappa shape index (κ3) is 3.57. The van der Waals surface area contributed by atoms with Gasteiger partial charge in [0.05, 0.1) is 12.1 Å². The number of amides is 2. The van der Waals surface area contributed by atoms with Crippen LogP contribution in [0.25, 0.3) is 0 Å². The van der Waals surface area contributed by atoms with Crippen LogP contribution in [0.2, 0.25) is 0 Å². The molecule has 2 amide bonds. The molecule has 1 aromatic rings. The van der Waals surface area contributed by atoms with Crippen LogP contribution in [0.3, 0.4) is 0 Å². The van der Waals surface area contributed by atoms with Crippen molar-refractivity contribution in [3.63, 3.8) is 0 Å². The first kappa shape index (κ1) is 17.7. The van der Waals surface area contributed by atoms with Crippen molar-refractivity contribution in [1.29, 1.82) is 0 Å². The minimum atomic E-state index is -0.0559. The standard InChI is InChI=1S/C18H30N6O2/c1-13-16-21-22-17(14-5-2-3-6-14)24(16)9-8-23(13)18(25)20-12-15-11-19-7-4-10-26-15/h13-15,19H,2-12H2,1H3,(H,20,25). The van der Waals surface area contributed by atoms with Crippen molar-refractivity contribution in [1.82, 2.24) is 30.3 Å². The van der Waals surface area contributed by atoms with Crippen LogP contribution in [0.15, 0.2) is 0 Å². The second-order valence-electron chi connectivity index (χ2n) is 7.66. The highest BCUT2D eigenvalue weighted by Crippen LogP contribution is 2.35. The van der Waals surface area contributed by atoms with E-state index in [1.54, 1.807) is 0 Å². The van der Waals surface area contributed by atoms with E-state index in [0.717, 1.165) is 44.3 Å². The second-order valence-corrected chi connectivity index (χ2v) is 7.66. The van der Waals surface area contributed by atoms with Crippen LogP contribution < -0.4 is 10.6 Å². The molecule has 1 saturated carbocycles. The summed E-state index contributed by atoms with van der Waals surface area (Å²) in [4.78, 5) is 14.6. The van der Waals surface area contributed by atoms with Crippen molar-refractivity contribution in [3.8, 4) is 0 Å². The van der Waals surface area contributed by atoms with E-state index in [2.05, 4.69) is 25.4 Å². The van der Waals surface area contributed by atoms with E-state index < -0.39 is 0 Å². The fourth-order valence-electron chi connectivity index (χ4n) is 4.37. The lowest BCUT2D eigenvalue weighted by atomic mass is 10.1. The molecule has 1 aromatic heterocycles. The first-order valence-corrected chi connectivity index (χ1v) is 10.0. The molecule has 4 rings (SSSR count). The molecule has 2 atom stereocenters. The first-order chi connectivity index (χ1) is 12.7. The van der Waals surface area contributed by atoms with Crippen LogP contribution in [0.1, 0.15) is 62.6 Å². The van der Waals surface area contributed by atoms with E-state index in [1.165, 1.54) is 25.7 Å². The molecule has 2 fully saturated rings. The smallest absolute Gasteiger partial charge is 0.318 e. The van der Waals surface area contributed by atoms with Gasteiger partial charge in [-0.15, -0.1) is 10.2 Å². The molecule has 2 unspecified atom stereocenters. The maximum Gasteiger partial charge on any atom is 0.318 e. The number of nitrogens with one attached hydrogen (secondary N) is 2. The lowest BCUT2D eigenvalue weighted by molar-refractivity contribution is 0.0660. The highest BCUT2D eigenvalue weighted by molar-refractivity contribution is 5.74. The second kappa shape index (κ2) is 7.92. The van der Waals surface area contributed by atoms with Gasteiger partial charge >= 0.3 is 6.03 Å². The molecule has 0 aromatic carbocycles. The van der Waals surface area contributed by atoms with Gasteiger partial charge in [0.2, 0.25) is 0 Å². The maximum atomic E-state index is 12.7. The van der Waals surface area contributed by atoms with Gasteiger partial charge in [-0.2, -0.15) is 0 Å². The minimum absolute atomic E-state index is 0.0398. The zero-order valence-corrected chi connectivity index (χ0v) is 15.6. The molecule has 0 bridgehead atoms. The molecule has 2 aliphatic heterocycles. The Morgan fingerprint density at radius 3 is 2.88 bits per heavy atom. The van der Waals surface area contributed by atoms with Gasteiger partial charge in [-0.1, -0.05) is 12.8 Å². The van der Waals surface area contributed by atoms with E-state index in [-0.39, 0.29) is 18.2 Å². The summed E-state index contributed by atoms with van der Waals surface area (Å²) in [6, 6.07) is -0.0957. The molecule has 3 heterocycles. The maximum absolute atomic E-state index is 12.7. The molecule has 0 spiro atoms. The van der Waals surface area contributed by atoms with E-state index in [1.807, 2.05) is 11.8 Å². The predicted octanol–water partition coefficient (Wildman–Crippen LogP) is 1.40. The summed E-state index contributed by atoms with van der Waals surface area (Å²) < 4.78 is 8.01. The van der Waals surface area contributed by atoms with E-state index >= 15 is 0 Å². The number of carbonyl (C=O) groups excluding carboxylic acids is 1. The van der Waals surface area contributed by atoms with Crippen molar-refractivity contribution in [2.75, 3.05) is 32.8 Å². The fraction of sp³-hybridized carbons (Fsp3) is 0.833. The number of hydrogen-bond acceptors (Lipinski definition) is 5. The SMILES string of the molecule is CC1c2nnc(C3CCCC3)n2CCN1C(=O)NCC1CNCCCO1. The summed E-state index contributed by atoms with van der Waals surface area (Å²) in [5.41, 5.74) is 0. The van der Waals surface area contributed by atoms with Crippen LogP contribution in [-0.4, -0.2) is 64.6 Å². The number of nitrogens with zero attached hydrogens (tertiary/aromatic N) is 4. The zero-order valence-electron chi connectivity index (χ0n) is 15.6. The molecular formula is C18H30N6O2. The zero-order chi connectivity index (χ0) is 17.9. The Hall–Kier alpha value is -1.67. The molecule has 3 aliphatic rings. The number of aromatic nitrogens is 3. The summed E-state index contributed by atoms with van der Waals surface area (Å²) in [6.07, 6.45) is 6.06. The Morgan fingerprint density at radius 1 is 1.23 bits per heavy atom. The monoisotopic (exact) mass is 362 g/mol. The lowest BCUT2D eigenvalue weighted by Gasteiger charge is -2.34. The summed E-state index contributed by atoms with van der Waals surface area (Å²) >= 11 is 0. The minimum Gasteiger partial charge on any atom is -0.375 e. The number of fused-ring (bicyclic) bond motifs is 1. The summed E-state index contributed by atoms with van der Waals surface area (Å²) in [6.45, 7) is 6.58. The first-order valence-electron chi connectivity index (χ1n) is 10.0. The fourth-order valence-corrected chi connectivity index (χ4v) is 4.37. The van der Waals surface area contributed by atoms with Crippen LogP contribution in [0.4, 0.5) is 4.79 Å². The van der Waals surface area contributed by atoms with E-state index in [0.29, 0.717) is 19.0 Å². The summed E-state index contributed by atoms with van der Waals surface area (Å²) in [7, 11) is 0. The average Bonchev–Trinajstić information content (AvgIpc) is 3.24. The van der Waals surface area contributed by atoms with Crippen LogP contribution in [0.5, 0.6) is 0 Å². The largest absolute Gasteiger partial charge is 0.375 e. The Labute approximate surface area is 154 Å². The topological polar surface area (TPSA) is 84.3 Å². The number of urea groups is 1. The molecule has 0 radical (unpaired) electrons. The van der Waals surface area contributed by atoms with Crippen LogP contribution >= 0.6 is 0 Å². The Balaban J connectivity index is 1.37. The third-order valence-corrected chi connectivity index (χ3v) is 5.90. The van der Waals surface area contributed by atoms with Crippen molar-refractivity contribution in [3.05, 3.63) is 11.6 Å². The number of ether oxygens (including phenoxy) is 1. The molecule has 26 heavy (non-hydrogen) atoms. The normalized spacial score (nSPS) is 27.2. The average molecular weight is 362 g/mol. The molecule has 144 valence electrons. The van der Waals surface area contributed by atoms with Gasteiger partial charge in [0, 0.05) is 38.7 Å². The molecule has 1 aliphatic carbocycles. The van der Waals surface area contributed by atoms with Gasteiger partial charge < -0.3 is 24.8 Å². The van der Waals surface area contributed by atoms with Gasteiger partial charge in [-0.3, -0.25) is 0 Å². The van der Waals surface area contributed by atoms with E-state index in [9.17, 15) is 4.79 Å². The molecule has 1 saturated heterocycles. The van der Waals surface area contributed by atoms with Crippen LogP contribution in [0, 0.1) is 0 Å². The highest BCUT2D eigenvalue weighted by atomic mass is 16.5. The highest BCUT2D eigenvalue weighted by Gasteiger charge is 2.33. The molecule has 8 nitrogen and oxygen atoms in total. The molecule has 8 heteroatoms. The van der Waals surface area contributed by atoms with Gasteiger partial charge in [-0.25, -0.2) is 4.79 Å². The van der Waals surface area contributed by atoms with Crippen LogP contribution in [-0.2, 0) is 11.3 Å². The van der Waals surface area contributed by atoms with Crippen molar-refractivity contribution in [2.45, 2.75) is 63.6 Å². The van der Waals surface area contributed by atoms with Crippen molar-refractivity contribution < 1.29 is 9.53 Å². The Bertz CT molecular complexity index is 619.